The number of fused-ring (bicyclic) bond motifs is 5. The van der Waals surface area contributed by atoms with Gasteiger partial charge in [-0.05, 0) is 50.3 Å². The number of aryl methyl sites for hydroxylation is 1. The van der Waals surface area contributed by atoms with Crippen LogP contribution in [0.25, 0.3) is 16.6 Å². The number of ether oxygens (including phenoxy) is 1. The van der Waals surface area contributed by atoms with E-state index in [1.165, 1.54) is 4.52 Å². The Morgan fingerprint density at radius 3 is 2.76 bits per heavy atom. The predicted molar refractivity (Wildman–Crippen MR) is 113 cm³/mol. The third-order valence-corrected chi connectivity index (χ3v) is 7.17. The first-order valence-corrected chi connectivity index (χ1v) is 11.4. The molecule has 1 aromatic carbocycles. The number of piperidine rings is 1. The summed E-state index contributed by atoms with van der Waals surface area (Å²) in [5.41, 5.74) is 7.46. The van der Waals surface area contributed by atoms with Crippen LogP contribution in [-0.2, 0) is 6.42 Å². The molecule has 2 aromatic heterocycles. The predicted octanol–water partition coefficient (Wildman–Crippen LogP) is 4.14. The zero-order valence-electron chi connectivity index (χ0n) is 17.9. The van der Waals surface area contributed by atoms with Crippen molar-refractivity contribution in [1.29, 1.82) is 0 Å². The minimum atomic E-state index is -3.26. The van der Waals surface area contributed by atoms with E-state index in [4.69, 9.17) is 15.5 Å². The Kier molecular flexibility index (Phi) is 4.53. The maximum absolute atomic E-state index is 13.9. The molecule has 4 heterocycles. The number of anilines is 1. The van der Waals surface area contributed by atoms with E-state index in [1.54, 1.807) is 12.1 Å². The van der Waals surface area contributed by atoms with Crippen LogP contribution in [0, 0.1) is 0 Å². The second-order valence-electron chi connectivity index (χ2n) is 9.46. The first-order chi connectivity index (χ1) is 15.7. The SMILES string of the molecule is Nc1nc2c3c(ccc2c2nc([C@H]4CC[C@H](N5CCCC(F)(F)C5)C4)nn12)CCC(F)(F)O3. The van der Waals surface area contributed by atoms with Crippen LogP contribution >= 0.6 is 0 Å². The number of halogens is 4. The number of rotatable bonds is 2. The van der Waals surface area contributed by atoms with E-state index < -0.39 is 12.0 Å². The summed E-state index contributed by atoms with van der Waals surface area (Å²) in [4.78, 5) is 10.9. The van der Waals surface area contributed by atoms with Crippen molar-refractivity contribution in [3.8, 4) is 5.75 Å². The molecular weight excluding hydrogens is 440 g/mol. The van der Waals surface area contributed by atoms with Crippen molar-refractivity contribution in [3.05, 3.63) is 23.5 Å². The summed E-state index contributed by atoms with van der Waals surface area (Å²) >= 11 is 0. The molecule has 33 heavy (non-hydrogen) atoms. The molecule has 2 atom stereocenters. The molecule has 3 aliphatic rings. The average molecular weight is 464 g/mol. The number of likely N-dealkylation sites (tertiary alicyclic amines) is 1. The summed E-state index contributed by atoms with van der Waals surface area (Å²) in [6.07, 6.45) is -0.713. The Labute approximate surface area is 186 Å². The van der Waals surface area contributed by atoms with E-state index in [-0.39, 0.29) is 55.0 Å². The molecule has 0 unspecified atom stereocenters. The van der Waals surface area contributed by atoms with Crippen LogP contribution < -0.4 is 10.5 Å². The van der Waals surface area contributed by atoms with E-state index >= 15 is 0 Å². The molecule has 1 aliphatic carbocycles. The number of hydrogen-bond donors (Lipinski definition) is 1. The number of nitrogens with zero attached hydrogens (tertiary/aromatic N) is 5. The first-order valence-electron chi connectivity index (χ1n) is 11.4. The summed E-state index contributed by atoms with van der Waals surface area (Å²) in [7, 11) is 0. The van der Waals surface area contributed by atoms with Crippen LogP contribution in [0.15, 0.2) is 12.1 Å². The summed E-state index contributed by atoms with van der Waals surface area (Å²) in [5, 5.41) is 5.09. The second kappa shape index (κ2) is 7.15. The smallest absolute Gasteiger partial charge is 0.398 e. The van der Waals surface area contributed by atoms with Gasteiger partial charge in [-0.3, -0.25) is 4.90 Å². The van der Waals surface area contributed by atoms with E-state index in [2.05, 4.69) is 10.1 Å². The van der Waals surface area contributed by atoms with Gasteiger partial charge in [-0.2, -0.15) is 13.3 Å². The Balaban J connectivity index is 1.34. The molecular formula is C22H24F4N6O. The molecule has 1 saturated heterocycles. The van der Waals surface area contributed by atoms with E-state index in [9.17, 15) is 17.6 Å². The maximum atomic E-state index is 13.9. The molecule has 6 rings (SSSR count). The molecule has 3 aromatic rings. The normalized spacial score (nSPS) is 27.0. The van der Waals surface area contributed by atoms with Gasteiger partial charge >= 0.3 is 6.11 Å². The fourth-order valence-corrected chi connectivity index (χ4v) is 5.52. The standard InChI is InChI=1S/C22H24F4N6O/c23-21(24)7-1-9-31(11-21)14-4-2-13(10-14)18-29-19-15-5-3-12-6-8-22(25,26)33-17(12)16(15)28-20(27)32(19)30-18/h3,5,13-14H,1-2,4,6-11H2,(H2,27,28)/t13-,14-/m0/s1. The lowest BCUT2D eigenvalue weighted by Crippen LogP contribution is -2.46. The van der Waals surface area contributed by atoms with Crippen molar-refractivity contribution in [2.24, 2.45) is 0 Å². The summed E-state index contributed by atoms with van der Waals surface area (Å²) in [6, 6.07) is 3.61. The molecule has 1 saturated carbocycles. The lowest BCUT2D eigenvalue weighted by atomic mass is 10.0. The molecule has 0 radical (unpaired) electrons. The van der Waals surface area contributed by atoms with Crippen LogP contribution in [0.4, 0.5) is 23.5 Å². The third kappa shape index (κ3) is 3.56. The van der Waals surface area contributed by atoms with Gasteiger partial charge in [0.05, 0.1) is 13.0 Å². The highest BCUT2D eigenvalue weighted by atomic mass is 19.3. The van der Waals surface area contributed by atoms with E-state index in [0.717, 1.165) is 12.8 Å². The first kappa shape index (κ1) is 20.9. The molecule has 176 valence electrons. The zero-order chi connectivity index (χ0) is 23.0. The van der Waals surface area contributed by atoms with Crippen molar-refractivity contribution in [3.63, 3.8) is 0 Å². The number of benzene rings is 1. The largest absolute Gasteiger partial charge is 0.430 e. The molecule has 0 bridgehead atoms. The van der Waals surface area contributed by atoms with Gasteiger partial charge in [-0.25, -0.2) is 18.7 Å². The minimum absolute atomic E-state index is 0.0121. The fraction of sp³-hybridized carbons (Fsp3) is 0.591. The van der Waals surface area contributed by atoms with Gasteiger partial charge in [0.15, 0.2) is 17.2 Å². The van der Waals surface area contributed by atoms with Crippen molar-refractivity contribution in [1.82, 2.24) is 24.5 Å². The monoisotopic (exact) mass is 464 g/mol. The molecule has 2 N–H and O–H groups in total. The highest BCUT2D eigenvalue weighted by Gasteiger charge is 2.41. The lowest BCUT2D eigenvalue weighted by molar-refractivity contribution is -0.186. The molecule has 11 heteroatoms. The van der Waals surface area contributed by atoms with Gasteiger partial charge in [0, 0.05) is 23.8 Å². The Morgan fingerprint density at radius 2 is 1.94 bits per heavy atom. The van der Waals surface area contributed by atoms with E-state index in [1.807, 2.05) is 4.90 Å². The van der Waals surface area contributed by atoms with Crippen molar-refractivity contribution in [2.45, 2.75) is 68.9 Å². The molecule has 0 spiro atoms. The summed E-state index contributed by atoms with van der Waals surface area (Å²) < 4.78 is 62.0. The molecule has 7 nitrogen and oxygen atoms in total. The van der Waals surface area contributed by atoms with Crippen molar-refractivity contribution < 1.29 is 22.3 Å². The zero-order valence-corrected chi connectivity index (χ0v) is 17.9. The summed E-state index contributed by atoms with van der Waals surface area (Å²) in [5.74, 6) is -1.97. The highest BCUT2D eigenvalue weighted by molar-refractivity contribution is 5.96. The molecule has 2 fully saturated rings. The van der Waals surface area contributed by atoms with Crippen LogP contribution in [0.2, 0.25) is 0 Å². The van der Waals surface area contributed by atoms with Gasteiger partial charge in [0.2, 0.25) is 5.95 Å². The summed E-state index contributed by atoms with van der Waals surface area (Å²) in [6.45, 7) is 0.489. The molecule has 0 amide bonds. The van der Waals surface area contributed by atoms with Gasteiger partial charge in [0.25, 0.3) is 5.92 Å². The highest BCUT2D eigenvalue weighted by Crippen LogP contribution is 2.42. The number of hydrogen-bond acceptors (Lipinski definition) is 6. The minimum Gasteiger partial charge on any atom is -0.430 e. The van der Waals surface area contributed by atoms with Crippen LogP contribution in [0.1, 0.15) is 55.8 Å². The number of aromatic nitrogens is 4. The second-order valence-corrected chi connectivity index (χ2v) is 9.46. The number of nitrogens with two attached hydrogens (primary N) is 1. The van der Waals surface area contributed by atoms with E-state index in [0.29, 0.717) is 41.8 Å². The topological polar surface area (TPSA) is 81.6 Å². The number of alkyl halides is 4. The van der Waals surface area contributed by atoms with Crippen LogP contribution in [0.5, 0.6) is 5.75 Å². The maximum Gasteiger partial charge on any atom is 0.398 e. The molecule has 2 aliphatic heterocycles. The van der Waals surface area contributed by atoms with Gasteiger partial charge in [0.1, 0.15) is 5.52 Å². The Morgan fingerprint density at radius 1 is 1.09 bits per heavy atom. The Bertz CT molecular complexity index is 1240. The van der Waals surface area contributed by atoms with Gasteiger partial charge in [-0.15, -0.1) is 5.10 Å². The Hall–Kier alpha value is -2.69. The third-order valence-electron chi connectivity index (χ3n) is 7.17. The fourth-order valence-electron chi connectivity index (χ4n) is 5.52. The van der Waals surface area contributed by atoms with Gasteiger partial charge < -0.3 is 10.5 Å². The average Bonchev–Trinajstić information content (AvgIpc) is 3.41. The van der Waals surface area contributed by atoms with Crippen molar-refractivity contribution >= 4 is 22.5 Å². The quantitative estimate of drug-likeness (QED) is 0.574. The van der Waals surface area contributed by atoms with Gasteiger partial charge in [-0.1, -0.05) is 6.07 Å². The number of nitrogen functional groups attached to an aromatic ring is 1. The van der Waals surface area contributed by atoms with Crippen LogP contribution in [0.3, 0.4) is 0 Å². The lowest BCUT2D eigenvalue weighted by Gasteiger charge is -2.36. The van der Waals surface area contributed by atoms with Crippen LogP contribution in [-0.4, -0.2) is 55.6 Å². The van der Waals surface area contributed by atoms with Crippen molar-refractivity contribution in [2.75, 3.05) is 18.8 Å².